The number of methoxy groups -OCH3 is 1. The summed E-state index contributed by atoms with van der Waals surface area (Å²) >= 11 is 0. The molecule has 4 rings (SSSR count). The van der Waals surface area contributed by atoms with Crippen LogP contribution in [0.25, 0.3) is 11.1 Å². The number of anilines is 4. The van der Waals surface area contributed by atoms with E-state index < -0.39 is 0 Å². The molecule has 0 amide bonds. The minimum atomic E-state index is 0.197. The summed E-state index contributed by atoms with van der Waals surface area (Å²) in [6, 6.07) is 22.3. The Morgan fingerprint density at radius 1 is 0.892 bits per heavy atom. The number of phenolic OH excluding ortho intramolecular Hbond substituents is 1. The Morgan fingerprint density at radius 3 is 2.32 bits per heavy atom. The molecule has 4 aromatic rings. The van der Waals surface area contributed by atoms with Gasteiger partial charge in [-0.05, 0) is 67.2 Å². The van der Waals surface area contributed by atoms with Crippen LogP contribution in [0.1, 0.15) is 13.8 Å². The summed E-state index contributed by atoms with van der Waals surface area (Å²) in [7, 11) is 1.63. The topological polar surface area (TPSA) is 91.8 Å². The predicted molar refractivity (Wildman–Crippen MR) is 148 cm³/mol. The monoisotopic (exact) mass is 499 g/mol. The van der Waals surface area contributed by atoms with Gasteiger partial charge >= 0.3 is 0 Å². The number of rotatable bonds is 12. The molecule has 0 saturated heterocycles. The molecule has 3 aromatic carbocycles. The summed E-state index contributed by atoms with van der Waals surface area (Å²) < 4.78 is 11.4. The molecular formula is C29H33N5O3. The molecule has 0 saturated carbocycles. The molecule has 0 aliphatic heterocycles. The number of para-hydroxylation sites is 2. The third-order valence-electron chi connectivity index (χ3n) is 6.01. The number of hydrogen-bond donors (Lipinski definition) is 3. The highest BCUT2D eigenvalue weighted by Crippen LogP contribution is 2.33. The first-order chi connectivity index (χ1) is 18.1. The third-order valence-corrected chi connectivity index (χ3v) is 6.01. The van der Waals surface area contributed by atoms with Crippen molar-refractivity contribution in [1.82, 2.24) is 14.9 Å². The summed E-state index contributed by atoms with van der Waals surface area (Å²) in [6.07, 6.45) is 1.75. The van der Waals surface area contributed by atoms with E-state index in [1.807, 2.05) is 60.7 Å². The molecule has 3 N–H and O–H groups in total. The SMILES string of the molecule is CCN(CC)CCOc1ccc(Nc2ncc(-c3ccc(O)cc3)c(Nc3ccccc3OC)n2)cc1. The van der Waals surface area contributed by atoms with Crippen LogP contribution in [0.4, 0.5) is 23.1 Å². The number of likely N-dealkylation sites (N-methyl/N-ethyl adjacent to an activating group) is 1. The van der Waals surface area contributed by atoms with Crippen LogP contribution < -0.4 is 20.1 Å². The van der Waals surface area contributed by atoms with Gasteiger partial charge in [0.25, 0.3) is 0 Å². The molecule has 8 nitrogen and oxygen atoms in total. The lowest BCUT2D eigenvalue weighted by atomic mass is 10.1. The summed E-state index contributed by atoms with van der Waals surface area (Å²) in [5.74, 6) is 2.76. The zero-order valence-corrected chi connectivity index (χ0v) is 21.4. The van der Waals surface area contributed by atoms with Gasteiger partial charge in [-0.2, -0.15) is 4.98 Å². The summed E-state index contributed by atoms with van der Waals surface area (Å²) in [4.78, 5) is 11.6. The van der Waals surface area contributed by atoms with Crippen LogP contribution in [-0.4, -0.2) is 53.3 Å². The third kappa shape index (κ3) is 6.89. The Labute approximate surface area is 217 Å². The van der Waals surface area contributed by atoms with Crippen molar-refractivity contribution in [2.75, 3.05) is 44.0 Å². The first-order valence-corrected chi connectivity index (χ1v) is 12.4. The van der Waals surface area contributed by atoms with Crippen molar-refractivity contribution in [3.63, 3.8) is 0 Å². The van der Waals surface area contributed by atoms with Crippen molar-refractivity contribution in [3.05, 3.63) is 79.0 Å². The van der Waals surface area contributed by atoms with Crippen molar-refractivity contribution in [2.45, 2.75) is 13.8 Å². The van der Waals surface area contributed by atoms with E-state index in [1.54, 1.807) is 25.4 Å². The molecule has 0 aliphatic carbocycles. The molecular weight excluding hydrogens is 466 g/mol. The molecule has 0 fully saturated rings. The standard InChI is InChI=1S/C29H33N5O3/c1-4-34(5-2)18-19-37-24-16-12-22(13-17-24)31-29-30-20-25(21-10-14-23(35)15-11-21)28(33-29)32-26-8-6-7-9-27(26)36-3/h6-17,20,35H,4-5,18-19H2,1-3H3,(H2,30,31,32,33). The van der Waals surface area contributed by atoms with Gasteiger partial charge in [0.1, 0.15) is 29.7 Å². The van der Waals surface area contributed by atoms with Gasteiger partial charge in [-0.25, -0.2) is 4.98 Å². The minimum Gasteiger partial charge on any atom is -0.508 e. The van der Waals surface area contributed by atoms with Crippen molar-refractivity contribution in [1.29, 1.82) is 0 Å². The van der Waals surface area contributed by atoms with E-state index in [0.717, 1.165) is 47.9 Å². The van der Waals surface area contributed by atoms with Gasteiger partial charge in [-0.15, -0.1) is 0 Å². The Kier molecular flexibility index (Phi) is 8.78. The molecule has 1 heterocycles. The summed E-state index contributed by atoms with van der Waals surface area (Å²) in [6.45, 7) is 7.88. The molecule has 37 heavy (non-hydrogen) atoms. The van der Waals surface area contributed by atoms with Gasteiger partial charge in [0.05, 0.1) is 12.8 Å². The molecule has 8 heteroatoms. The van der Waals surface area contributed by atoms with Gasteiger partial charge < -0.3 is 30.1 Å². The lowest BCUT2D eigenvalue weighted by Gasteiger charge is -2.18. The number of ether oxygens (including phenoxy) is 2. The van der Waals surface area contributed by atoms with Crippen LogP contribution in [-0.2, 0) is 0 Å². The maximum atomic E-state index is 9.71. The van der Waals surface area contributed by atoms with E-state index in [1.165, 1.54) is 0 Å². The maximum absolute atomic E-state index is 9.71. The van der Waals surface area contributed by atoms with Crippen molar-refractivity contribution in [3.8, 4) is 28.4 Å². The average molecular weight is 500 g/mol. The van der Waals surface area contributed by atoms with Crippen molar-refractivity contribution < 1.29 is 14.6 Å². The number of benzene rings is 3. The van der Waals surface area contributed by atoms with Crippen molar-refractivity contribution in [2.24, 2.45) is 0 Å². The summed E-state index contributed by atoms with van der Waals surface area (Å²) in [5.41, 5.74) is 3.28. The number of phenols is 1. The lowest BCUT2D eigenvalue weighted by molar-refractivity contribution is 0.223. The van der Waals surface area contributed by atoms with Crippen LogP contribution in [0.15, 0.2) is 79.0 Å². The second kappa shape index (κ2) is 12.6. The second-order valence-electron chi connectivity index (χ2n) is 8.35. The molecule has 0 atom stereocenters. The first kappa shape index (κ1) is 25.8. The van der Waals surface area contributed by atoms with Gasteiger partial charge in [-0.1, -0.05) is 38.1 Å². The number of nitrogens with one attached hydrogen (secondary N) is 2. The fourth-order valence-electron chi connectivity index (χ4n) is 3.86. The van der Waals surface area contributed by atoms with E-state index >= 15 is 0 Å². The number of hydrogen-bond acceptors (Lipinski definition) is 8. The molecule has 1 aromatic heterocycles. The maximum Gasteiger partial charge on any atom is 0.229 e. The van der Waals surface area contributed by atoms with Crippen LogP contribution in [0.3, 0.4) is 0 Å². The average Bonchev–Trinajstić information content (AvgIpc) is 2.93. The molecule has 192 valence electrons. The van der Waals surface area contributed by atoms with Gasteiger partial charge in [-0.3, -0.25) is 0 Å². The van der Waals surface area contributed by atoms with Crippen LogP contribution >= 0.6 is 0 Å². The van der Waals surface area contributed by atoms with Crippen LogP contribution in [0.5, 0.6) is 17.2 Å². The van der Waals surface area contributed by atoms with Gasteiger partial charge in [0.2, 0.25) is 5.95 Å². The Bertz CT molecular complexity index is 1280. The molecule has 0 bridgehead atoms. The fourth-order valence-corrected chi connectivity index (χ4v) is 3.86. The van der Waals surface area contributed by atoms with Gasteiger partial charge in [0, 0.05) is 24.0 Å². The smallest absolute Gasteiger partial charge is 0.229 e. The lowest BCUT2D eigenvalue weighted by Crippen LogP contribution is -2.27. The largest absolute Gasteiger partial charge is 0.508 e. The second-order valence-corrected chi connectivity index (χ2v) is 8.35. The Morgan fingerprint density at radius 2 is 1.62 bits per heavy atom. The van der Waals surface area contributed by atoms with E-state index in [9.17, 15) is 5.11 Å². The Balaban J connectivity index is 1.53. The highest BCUT2D eigenvalue weighted by atomic mass is 16.5. The van der Waals surface area contributed by atoms with E-state index in [0.29, 0.717) is 24.1 Å². The highest BCUT2D eigenvalue weighted by Gasteiger charge is 2.13. The molecule has 0 aliphatic rings. The molecule has 0 radical (unpaired) electrons. The number of aromatic nitrogens is 2. The zero-order chi connectivity index (χ0) is 26.0. The first-order valence-electron chi connectivity index (χ1n) is 12.4. The van der Waals surface area contributed by atoms with Crippen LogP contribution in [0, 0.1) is 0 Å². The van der Waals surface area contributed by atoms with E-state index in [-0.39, 0.29) is 5.75 Å². The number of aromatic hydroxyl groups is 1. The normalized spacial score (nSPS) is 10.8. The molecule has 0 unspecified atom stereocenters. The fraction of sp³-hybridized carbons (Fsp3) is 0.241. The van der Waals surface area contributed by atoms with Crippen LogP contribution in [0.2, 0.25) is 0 Å². The Hall–Kier alpha value is -4.30. The number of nitrogens with zero attached hydrogens (tertiary/aromatic N) is 3. The quantitative estimate of drug-likeness (QED) is 0.216. The zero-order valence-electron chi connectivity index (χ0n) is 21.4. The van der Waals surface area contributed by atoms with Crippen molar-refractivity contribution >= 4 is 23.1 Å². The summed E-state index contributed by atoms with van der Waals surface area (Å²) in [5, 5.41) is 16.4. The van der Waals surface area contributed by atoms with E-state index in [2.05, 4.69) is 34.4 Å². The predicted octanol–water partition coefficient (Wildman–Crippen LogP) is 6.07. The molecule has 0 spiro atoms. The highest BCUT2D eigenvalue weighted by molar-refractivity contribution is 5.80. The van der Waals surface area contributed by atoms with Gasteiger partial charge in [0.15, 0.2) is 0 Å². The minimum absolute atomic E-state index is 0.197. The van der Waals surface area contributed by atoms with E-state index in [4.69, 9.17) is 14.5 Å².